The van der Waals surface area contributed by atoms with Crippen molar-refractivity contribution in [2.75, 3.05) is 5.32 Å². The molecule has 1 N–H and O–H groups in total. The average Bonchev–Trinajstić information content (AvgIpc) is 3.18. The van der Waals surface area contributed by atoms with Crippen LogP contribution in [0.1, 0.15) is 10.6 Å². The van der Waals surface area contributed by atoms with Crippen LogP contribution in [0, 0.1) is 0 Å². The fraction of sp³-hybridized carbons (Fsp3) is 0. The number of amides is 1. The van der Waals surface area contributed by atoms with Crippen LogP contribution in [0.15, 0.2) is 94.4 Å². The molecule has 140 valence electrons. The van der Waals surface area contributed by atoms with Gasteiger partial charge in [-0.2, -0.15) is 0 Å². The molecule has 3 aromatic carbocycles. The van der Waals surface area contributed by atoms with Crippen LogP contribution in [0.4, 0.5) is 5.69 Å². The van der Waals surface area contributed by atoms with Crippen molar-refractivity contribution in [1.29, 1.82) is 0 Å². The van der Waals surface area contributed by atoms with Crippen LogP contribution in [0.3, 0.4) is 0 Å². The lowest BCUT2D eigenvalue weighted by Crippen LogP contribution is -2.15. The van der Waals surface area contributed by atoms with E-state index < -0.39 is 5.91 Å². The van der Waals surface area contributed by atoms with Crippen LogP contribution >= 0.6 is 0 Å². The van der Waals surface area contributed by atoms with Gasteiger partial charge in [0.25, 0.3) is 5.91 Å². The van der Waals surface area contributed by atoms with Crippen molar-refractivity contribution in [3.8, 4) is 5.69 Å². The highest BCUT2D eigenvalue weighted by Crippen LogP contribution is 2.20. The van der Waals surface area contributed by atoms with E-state index in [1.165, 1.54) is 6.07 Å². The Labute approximate surface area is 165 Å². The first-order chi connectivity index (χ1) is 14.2. The van der Waals surface area contributed by atoms with E-state index in [-0.39, 0.29) is 11.2 Å². The van der Waals surface area contributed by atoms with Crippen LogP contribution < -0.4 is 10.7 Å². The summed E-state index contributed by atoms with van der Waals surface area (Å²) in [6.45, 7) is 0. The molecule has 0 atom stereocenters. The zero-order valence-corrected chi connectivity index (χ0v) is 15.2. The van der Waals surface area contributed by atoms with Gasteiger partial charge in [0, 0.05) is 17.4 Å². The number of fused-ring (bicyclic) bond motifs is 2. The fourth-order valence-electron chi connectivity index (χ4n) is 3.28. The third-order valence-electron chi connectivity index (χ3n) is 4.72. The smallest absolute Gasteiger partial charge is 0.291 e. The Morgan fingerprint density at radius 3 is 2.55 bits per heavy atom. The first kappa shape index (κ1) is 16.9. The Morgan fingerprint density at radius 2 is 1.69 bits per heavy atom. The second-order valence-corrected chi connectivity index (χ2v) is 6.58. The summed E-state index contributed by atoms with van der Waals surface area (Å²) in [6, 6.07) is 23.3. The maximum atomic E-state index is 12.5. The summed E-state index contributed by atoms with van der Waals surface area (Å²) in [5, 5.41) is 3.21. The number of benzene rings is 3. The monoisotopic (exact) mass is 381 g/mol. The summed E-state index contributed by atoms with van der Waals surface area (Å²) < 4.78 is 7.56. The number of anilines is 1. The molecule has 5 rings (SSSR count). The van der Waals surface area contributed by atoms with E-state index >= 15 is 0 Å². The Morgan fingerprint density at radius 1 is 0.931 bits per heavy atom. The molecule has 0 bridgehead atoms. The molecule has 0 saturated heterocycles. The number of carbonyl (C=O) groups excluding carboxylic acids is 1. The maximum Gasteiger partial charge on any atom is 0.291 e. The van der Waals surface area contributed by atoms with Crippen molar-refractivity contribution in [1.82, 2.24) is 9.55 Å². The quantitative estimate of drug-likeness (QED) is 0.503. The Balaban J connectivity index is 1.41. The number of aromatic nitrogens is 2. The minimum atomic E-state index is -0.478. The molecule has 0 saturated carbocycles. The number of hydrogen-bond donors (Lipinski definition) is 1. The summed E-state index contributed by atoms with van der Waals surface area (Å²) >= 11 is 0. The summed E-state index contributed by atoms with van der Waals surface area (Å²) in [6.07, 6.45) is 1.77. The minimum Gasteiger partial charge on any atom is -0.451 e. The summed E-state index contributed by atoms with van der Waals surface area (Å²) in [4.78, 5) is 29.1. The first-order valence-corrected chi connectivity index (χ1v) is 9.06. The molecule has 0 aliphatic rings. The second kappa shape index (κ2) is 6.76. The molecule has 6 heteroatoms. The number of nitrogens with one attached hydrogen (secondary N) is 1. The van der Waals surface area contributed by atoms with Crippen molar-refractivity contribution in [2.45, 2.75) is 0 Å². The summed E-state index contributed by atoms with van der Waals surface area (Å²) in [7, 11) is 0. The zero-order chi connectivity index (χ0) is 19.8. The van der Waals surface area contributed by atoms with E-state index in [1.54, 1.807) is 42.7 Å². The molecule has 2 aromatic heterocycles. The van der Waals surface area contributed by atoms with Gasteiger partial charge in [-0.15, -0.1) is 0 Å². The third-order valence-corrected chi connectivity index (χ3v) is 4.72. The standard InChI is InChI=1S/C23H15N3O3/c27-20-13-22(29-21-8-4-1-5-17(20)21)23(28)25-15-9-11-16(12-10-15)26-14-24-18-6-2-3-7-19(18)26/h1-14H,(H,25,28). The predicted octanol–water partition coefficient (Wildman–Crippen LogP) is 4.38. The molecule has 0 unspecified atom stereocenters. The highest BCUT2D eigenvalue weighted by Gasteiger charge is 2.13. The molecule has 29 heavy (non-hydrogen) atoms. The predicted molar refractivity (Wildman–Crippen MR) is 112 cm³/mol. The van der Waals surface area contributed by atoms with Crippen molar-refractivity contribution in [3.05, 3.63) is 101 Å². The number of carbonyl (C=O) groups is 1. The van der Waals surface area contributed by atoms with E-state index in [0.29, 0.717) is 16.7 Å². The van der Waals surface area contributed by atoms with Gasteiger partial charge in [-0.25, -0.2) is 4.98 Å². The van der Waals surface area contributed by atoms with Crippen molar-refractivity contribution >= 4 is 33.6 Å². The van der Waals surface area contributed by atoms with Gasteiger partial charge in [-0.05, 0) is 48.5 Å². The number of para-hydroxylation sites is 3. The van der Waals surface area contributed by atoms with Crippen molar-refractivity contribution in [2.24, 2.45) is 0 Å². The van der Waals surface area contributed by atoms with E-state index in [1.807, 2.05) is 41.0 Å². The van der Waals surface area contributed by atoms with E-state index in [0.717, 1.165) is 16.7 Å². The first-order valence-electron chi connectivity index (χ1n) is 9.06. The Hall–Kier alpha value is -4.19. The van der Waals surface area contributed by atoms with Gasteiger partial charge in [0.1, 0.15) is 11.9 Å². The van der Waals surface area contributed by atoms with E-state index in [9.17, 15) is 9.59 Å². The van der Waals surface area contributed by atoms with Gasteiger partial charge in [-0.3, -0.25) is 14.2 Å². The lowest BCUT2D eigenvalue weighted by Gasteiger charge is -2.08. The molecule has 0 fully saturated rings. The van der Waals surface area contributed by atoms with Gasteiger partial charge in [0.15, 0.2) is 11.2 Å². The molecule has 0 spiro atoms. The van der Waals surface area contributed by atoms with Crippen LogP contribution in [0.25, 0.3) is 27.7 Å². The Bertz CT molecular complexity index is 1420. The van der Waals surface area contributed by atoms with Crippen LogP contribution in [0.5, 0.6) is 0 Å². The molecule has 5 aromatic rings. The molecular formula is C23H15N3O3. The largest absolute Gasteiger partial charge is 0.451 e. The van der Waals surface area contributed by atoms with E-state index in [2.05, 4.69) is 10.3 Å². The number of imidazole rings is 1. The van der Waals surface area contributed by atoms with Gasteiger partial charge in [0.05, 0.1) is 16.4 Å². The zero-order valence-electron chi connectivity index (χ0n) is 15.2. The SMILES string of the molecule is O=C(Nc1ccc(-n2cnc3ccccc32)cc1)c1cc(=O)c2ccccc2o1. The topological polar surface area (TPSA) is 77.1 Å². The molecule has 1 amide bonds. The van der Waals surface area contributed by atoms with Gasteiger partial charge in [0.2, 0.25) is 0 Å². The van der Waals surface area contributed by atoms with E-state index in [4.69, 9.17) is 4.42 Å². The highest BCUT2D eigenvalue weighted by molar-refractivity contribution is 6.03. The van der Waals surface area contributed by atoms with Crippen LogP contribution in [-0.4, -0.2) is 15.5 Å². The maximum absolute atomic E-state index is 12.5. The molecular weight excluding hydrogens is 366 g/mol. The molecule has 6 nitrogen and oxygen atoms in total. The molecule has 0 radical (unpaired) electrons. The van der Waals surface area contributed by atoms with Crippen LogP contribution in [-0.2, 0) is 0 Å². The minimum absolute atomic E-state index is 0.0293. The highest BCUT2D eigenvalue weighted by atomic mass is 16.3. The number of hydrogen-bond acceptors (Lipinski definition) is 4. The Kier molecular flexibility index (Phi) is 3.95. The van der Waals surface area contributed by atoms with Crippen LogP contribution in [0.2, 0.25) is 0 Å². The molecule has 0 aliphatic carbocycles. The van der Waals surface area contributed by atoms with Gasteiger partial charge in [-0.1, -0.05) is 24.3 Å². The number of nitrogens with zero attached hydrogens (tertiary/aromatic N) is 2. The lowest BCUT2D eigenvalue weighted by atomic mass is 10.2. The second-order valence-electron chi connectivity index (χ2n) is 6.58. The van der Waals surface area contributed by atoms with Gasteiger partial charge >= 0.3 is 0 Å². The van der Waals surface area contributed by atoms with Crippen molar-refractivity contribution in [3.63, 3.8) is 0 Å². The van der Waals surface area contributed by atoms with Gasteiger partial charge < -0.3 is 9.73 Å². The molecule has 0 aliphatic heterocycles. The fourth-order valence-corrected chi connectivity index (χ4v) is 3.28. The summed E-state index contributed by atoms with van der Waals surface area (Å²) in [5.74, 6) is -0.507. The third kappa shape index (κ3) is 3.06. The number of rotatable bonds is 3. The van der Waals surface area contributed by atoms with Crippen molar-refractivity contribution < 1.29 is 9.21 Å². The molecule has 2 heterocycles. The lowest BCUT2D eigenvalue weighted by molar-refractivity contribution is 0.0997. The average molecular weight is 381 g/mol. The normalized spacial score (nSPS) is 11.0. The summed E-state index contributed by atoms with van der Waals surface area (Å²) in [5.41, 5.74) is 3.57.